The molecule has 0 aromatic rings. The van der Waals surface area contributed by atoms with E-state index >= 15 is 0 Å². The molecule has 2 atom stereocenters. The van der Waals surface area contributed by atoms with Crippen LogP contribution in [-0.4, -0.2) is 11.6 Å². The Kier molecular flexibility index (Phi) is 1.44. The highest BCUT2D eigenvalue weighted by Gasteiger charge is 2.40. The van der Waals surface area contributed by atoms with Crippen LogP contribution in [0.5, 0.6) is 0 Å². The topological polar surface area (TPSA) is 26.3 Å². The third-order valence-corrected chi connectivity index (χ3v) is 2.96. The molecular formula is C9H14O2. The molecule has 2 unspecified atom stereocenters. The van der Waals surface area contributed by atoms with Crippen LogP contribution in [0.25, 0.3) is 0 Å². The van der Waals surface area contributed by atoms with Gasteiger partial charge in [0.25, 0.3) is 0 Å². The van der Waals surface area contributed by atoms with Gasteiger partial charge >= 0.3 is 5.97 Å². The van der Waals surface area contributed by atoms with E-state index < -0.39 is 0 Å². The molecule has 0 aromatic heterocycles. The van der Waals surface area contributed by atoms with Crippen molar-refractivity contribution in [3.8, 4) is 0 Å². The molecule has 0 N–H and O–H groups in total. The van der Waals surface area contributed by atoms with Gasteiger partial charge in [-0.05, 0) is 39.0 Å². The first-order chi connectivity index (χ1) is 5.20. The maximum Gasteiger partial charge on any atom is 0.309 e. The van der Waals surface area contributed by atoms with E-state index in [1.54, 1.807) is 0 Å². The van der Waals surface area contributed by atoms with Crippen LogP contribution in [0.4, 0.5) is 0 Å². The summed E-state index contributed by atoms with van der Waals surface area (Å²) in [4.78, 5) is 11.3. The van der Waals surface area contributed by atoms with Crippen molar-refractivity contribution in [2.75, 3.05) is 0 Å². The van der Waals surface area contributed by atoms with E-state index in [1.165, 1.54) is 0 Å². The maximum atomic E-state index is 11.3. The Morgan fingerprint density at radius 1 is 1.45 bits per heavy atom. The second-order valence-electron chi connectivity index (χ2n) is 4.00. The molecular weight excluding hydrogens is 140 g/mol. The summed E-state index contributed by atoms with van der Waals surface area (Å²) in [5.74, 6) is 0.279. The van der Waals surface area contributed by atoms with Crippen LogP contribution >= 0.6 is 0 Å². The quantitative estimate of drug-likeness (QED) is 0.498. The molecule has 0 radical (unpaired) electrons. The van der Waals surface area contributed by atoms with Crippen molar-refractivity contribution in [2.45, 2.75) is 44.6 Å². The predicted octanol–water partition coefficient (Wildman–Crippen LogP) is 1.88. The van der Waals surface area contributed by atoms with Crippen molar-refractivity contribution < 1.29 is 9.53 Å². The summed E-state index contributed by atoms with van der Waals surface area (Å²) < 4.78 is 5.36. The molecule has 3 aliphatic rings. The minimum absolute atomic E-state index is 0.0521. The van der Waals surface area contributed by atoms with E-state index in [4.69, 9.17) is 4.74 Å². The van der Waals surface area contributed by atoms with Crippen LogP contribution in [0.2, 0.25) is 0 Å². The molecule has 0 amide bonds. The summed E-state index contributed by atoms with van der Waals surface area (Å²) in [7, 11) is 0. The summed E-state index contributed by atoms with van der Waals surface area (Å²) in [5.41, 5.74) is -0.107. The number of carbonyl (C=O) groups excluding carboxylic acids is 1. The van der Waals surface area contributed by atoms with E-state index in [-0.39, 0.29) is 17.5 Å². The smallest absolute Gasteiger partial charge is 0.309 e. The molecule has 2 aliphatic heterocycles. The van der Waals surface area contributed by atoms with Gasteiger partial charge in [0.2, 0.25) is 0 Å². The van der Waals surface area contributed by atoms with Gasteiger partial charge in [0.1, 0.15) is 5.60 Å². The minimum Gasteiger partial charge on any atom is -0.459 e. The predicted molar refractivity (Wildman–Crippen MR) is 41.1 cm³/mol. The summed E-state index contributed by atoms with van der Waals surface area (Å²) in [6.45, 7) is 2.06. The van der Waals surface area contributed by atoms with Crippen LogP contribution in [0.1, 0.15) is 39.0 Å². The molecule has 0 aromatic carbocycles. The SMILES string of the molecule is CC12CCCC(CC1)C(=O)O2. The van der Waals surface area contributed by atoms with Crippen molar-refractivity contribution in [3.05, 3.63) is 0 Å². The summed E-state index contributed by atoms with van der Waals surface area (Å²) in [6, 6.07) is 0. The van der Waals surface area contributed by atoms with Crippen molar-refractivity contribution in [1.29, 1.82) is 0 Å². The first-order valence-electron chi connectivity index (χ1n) is 4.42. The first-order valence-corrected chi connectivity index (χ1v) is 4.42. The number of rotatable bonds is 0. The largest absolute Gasteiger partial charge is 0.459 e. The van der Waals surface area contributed by atoms with Gasteiger partial charge in [-0.15, -0.1) is 0 Å². The third kappa shape index (κ3) is 1.15. The Labute approximate surface area is 66.9 Å². The Morgan fingerprint density at radius 3 is 3.00 bits per heavy atom. The van der Waals surface area contributed by atoms with Gasteiger partial charge in [-0.3, -0.25) is 4.79 Å². The molecule has 0 spiro atoms. The molecule has 62 valence electrons. The molecule has 3 fully saturated rings. The van der Waals surface area contributed by atoms with Crippen molar-refractivity contribution in [3.63, 3.8) is 0 Å². The lowest BCUT2D eigenvalue weighted by Gasteiger charge is -2.32. The van der Waals surface area contributed by atoms with E-state index in [1.807, 2.05) is 0 Å². The van der Waals surface area contributed by atoms with Crippen molar-refractivity contribution in [1.82, 2.24) is 0 Å². The van der Waals surface area contributed by atoms with Crippen LogP contribution in [0.3, 0.4) is 0 Å². The molecule has 2 heterocycles. The number of ether oxygens (including phenoxy) is 1. The number of esters is 1. The fourth-order valence-corrected chi connectivity index (χ4v) is 2.14. The Hall–Kier alpha value is -0.530. The second-order valence-corrected chi connectivity index (χ2v) is 4.00. The summed E-state index contributed by atoms with van der Waals surface area (Å²) in [5, 5.41) is 0. The Balaban J connectivity index is 2.23. The fraction of sp³-hybridized carbons (Fsp3) is 0.889. The van der Waals surface area contributed by atoms with Crippen molar-refractivity contribution >= 4 is 5.97 Å². The Bertz CT molecular complexity index is 184. The highest BCUT2D eigenvalue weighted by Crippen LogP contribution is 2.39. The lowest BCUT2D eigenvalue weighted by Crippen LogP contribution is -2.36. The average molecular weight is 154 g/mol. The van der Waals surface area contributed by atoms with E-state index in [9.17, 15) is 4.79 Å². The van der Waals surface area contributed by atoms with Crippen LogP contribution < -0.4 is 0 Å². The van der Waals surface area contributed by atoms with Crippen LogP contribution in [-0.2, 0) is 9.53 Å². The van der Waals surface area contributed by atoms with Gasteiger partial charge in [-0.25, -0.2) is 0 Å². The van der Waals surface area contributed by atoms with Gasteiger partial charge < -0.3 is 4.74 Å². The Morgan fingerprint density at radius 2 is 2.27 bits per heavy atom. The van der Waals surface area contributed by atoms with Gasteiger partial charge in [-0.2, -0.15) is 0 Å². The van der Waals surface area contributed by atoms with Crippen LogP contribution in [0.15, 0.2) is 0 Å². The normalized spacial score (nSPS) is 43.4. The van der Waals surface area contributed by atoms with E-state index in [0.29, 0.717) is 0 Å². The van der Waals surface area contributed by atoms with Gasteiger partial charge in [-0.1, -0.05) is 0 Å². The number of fused-ring (bicyclic) bond motifs is 4. The van der Waals surface area contributed by atoms with Crippen molar-refractivity contribution in [2.24, 2.45) is 5.92 Å². The van der Waals surface area contributed by atoms with Crippen LogP contribution in [0, 0.1) is 5.92 Å². The fourth-order valence-electron chi connectivity index (χ4n) is 2.14. The van der Waals surface area contributed by atoms with Gasteiger partial charge in [0, 0.05) is 0 Å². The average Bonchev–Trinajstić information content (AvgIpc) is 2.16. The standard InChI is InChI=1S/C9H14O2/c1-9-5-2-3-7(4-6-9)8(10)11-9/h7H,2-6H2,1H3. The lowest BCUT2D eigenvalue weighted by molar-refractivity contribution is -0.169. The van der Waals surface area contributed by atoms with Gasteiger partial charge in [0.05, 0.1) is 5.92 Å². The van der Waals surface area contributed by atoms with E-state index in [0.717, 1.165) is 32.1 Å². The number of carbonyl (C=O) groups is 1. The highest BCUT2D eigenvalue weighted by atomic mass is 16.6. The molecule has 1 saturated carbocycles. The highest BCUT2D eigenvalue weighted by molar-refractivity contribution is 5.74. The molecule has 2 saturated heterocycles. The zero-order valence-corrected chi connectivity index (χ0v) is 6.93. The zero-order chi connectivity index (χ0) is 7.90. The zero-order valence-electron chi connectivity index (χ0n) is 6.93. The molecule has 2 bridgehead atoms. The van der Waals surface area contributed by atoms with E-state index in [2.05, 4.69) is 6.92 Å². The first kappa shape index (κ1) is 7.14. The molecule has 11 heavy (non-hydrogen) atoms. The summed E-state index contributed by atoms with van der Waals surface area (Å²) >= 11 is 0. The minimum atomic E-state index is -0.107. The number of hydrogen-bond acceptors (Lipinski definition) is 2. The number of hydrogen-bond donors (Lipinski definition) is 0. The third-order valence-electron chi connectivity index (χ3n) is 2.96. The molecule has 2 heteroatoms. The monoisotopic (exact) mass is 154 g/mol. The molecule has 2 nitrogen and oxygen atoms in total. The second kappa shape index (κ2) is 2.23. The maximum absolute atomic E-state index is 11.3. The lowest BCUT2D eigenvalue weighted by atomic mass is 9.92. The molecule has 3 rings (SSSR count). The van der Waals surface area contributed by atoms with Gasteiger partial charge in [0.15, 0.2) is 0 Å². The molecule has 1 aliphatic carbocycles. The summed E-state index contributed by atoms with van der Waals surface area (Å²) in [6.07, 6.45) is 5.40.